The number of nitrogens with zero attached hydrogens (tertiary/aromatic N) is 4. The second-order valence-electron chi connectivity index (χ2n) is 9.35. The average Bonchev–Trinajstić information content (AvgIpc) is 3.24. The molecule has 1 N–H and O–H groups in total. The number of carbonyl (C=O) groups excluding carboxylic acids is 1. The molecule has 1 aromatic heterocycles. The Morgan fingerprint density at radius 2 is 1.74 bits per heavy atom. The van der Waals surface area contributed by atoms with Gasteiger partial charge in [0.25, 0.3) is 21.6 Å². The summed E-state index contributed by atoms with van der Waals surface area (Å²) >= 11 is 0. The highest BCUT2D eigenvalue weighted by molar-refractivity contribution is 7.92. The summed E-state index contributed by atoms with van der Waals surface area (Å²) in [6.07, 6.45) is 1.43. The molecule has 3 aromatic carbocycles. The van der Waals surface area contributed by atoms with Crippen LogP contribution in [0.2, 0.25) is 0 Å². The molecule has 0 spiro atoms. The number of amides is 1. The second-order valence-corrected chi connectivity index (χ2v) is 11.2. The maximum atomic E-state index is 13.7. The number of carbonyl (C=O) groups is 1. The molecule has 0 fully saturated rings. The van der Waals surface area contributed by atoms with Crippen molar-refractivity contribution in [3.8, 4) is 11.4 Å². The van der Waals surface area contributed by atoms with Crippen molar-refractivity contribution in [2.24, 2.45) is 5.10 Å². The Morgan fingerprint density at radius 1 is 1.07 bits per heavy atom. The van der Waals surface area contributed by atoms with E-state index in [9.17, 15) is 27.7 Å². The van der Waals surface area contributed by atoms with Gasteiger partial charge < -0.3 is 9.30 Å². The molecule has 0 atom stereocenters. The third-order valence-electron chi connectivity index (χ3n) is 6.56. The number of benzene rings is 3. The number of aryl methyl sites for hydroxylation is 2. The van der Waals surface area contributed by atoms with Crippen LogP contribution < -0.4 is 14.5 Å². The van der Waals surface area contributed by atoms with E-state index in [-0.39, 0.29) is 22.1 Å². The van der Waals surface area contributed by atoms with Gasteiger partial charge in [0.15, 0.2) is 0 Å². The molecule has 0 saturated heterocycles. The van der Waals surface area contributed by atoms with Crippen LogP contribution in [0.3, 0.4) is 0 Å². The number of sulfonamides is 1. The molecule has 4 rings (SSSR count). The van der Waals surface area contributed by atoms with Gasteiger partial charge in [-0.3, -0.25) is 19.2 Å². The number of ether oxygens (including phenoxy) is 1. The zero-order chi connectivity index (χ0) is 30.6. The van der Waals surface area contributed by atoms with E-state index in [1.165, 1.54) is 68.8 Å². The molecule has 218 valence electrons. The minimum absolute atomic E-state index is 0.140. The normalized spacial score (nSPS) is 11.5. The van der Waals surface area contributed by atoms with Crippen LogP contribution in [0.1, 0.15) is 22.5 Å². The molecule has 0 saturated carbocycles. The van der Waals surface area contributed by atoms with Crippen LogP contribution in [0.4, 0.5) is 15.8 Å². The van der Waals surface area contributed by atoms with Gasteiger partial charge in [-0.2, -0.15) is 5.10 Å². The molecule has 1 amide bonds. The lowest BCUT2D eigenvalue weighted by atomic mass is 10.2. The molecular formula is C29H28FN5O6S. The largest absolute Gasteiger partial charge is 0.497 e. The molecule has 11 nitrogen and oxygen atoms in total. The summed E-state index contributed by atoms with van der Waals surface area (Å²) in [6.45, 7) is 4.55. The number of hydrazone groups is 1. The number of aromatic nitrogens is 1. The van der Waals surface area contributed by atoms with Crippen LogP contribution >= 0.6 is 0 Å². The van der Waals surface area contributed by atoms with E-state index in [1.807, 2.05) is 24.5 Å². The van der Waals surface area contributed by atoms with Crippen LogP contribution in [0, 0.1) is 36.7 Å². The SMILES string of the molecule is COc1ccc(N(CC(=O)N/N=C\c2cc(C)n(-c3ccc(F)cc3)c2C)S(=O)(=O)c2ccc(C)c([N+](=O)[O-])c2)cc1. The Hall–Kier alpha value is -5.04. The number of halogens is 1. The van der Waals surface area contributed by atoms with Gasteiger partial charge in [-0.05, 0) is 81.4 Å². The third kappa shape index (κ3) is 6.31. The molecule has 4 aromatic rings. The molecule has 0 aliphatic carbocycles. The Bertz CT molecular complexity index is 1770. The van der Waals surface area contributed by atoms with Gasteiger partial charge in [0.2, 0.25) is 0 Å². The minimum Gasteiger partial charge on any atom is -0.497 e. The maximum absolute atomic E-state index is 13.7. The van der Waals surface area contributed by atoms with Crippen molar-refractivity contribution in [1.29, 1.82) is 0 Å². The van der Waals surface area contributed by atoms with E-state index >= 15 is 0 Å². The average molecular weight is 594 g/mol. The van der Waals surface area contributed by atoms with Crippen LogP contribution in [-0.2, 0) is 14.8 Å². The van der Waals surface area contributed by atoms with Gasteiger partial charge in [-0.15, -0.1) is 0 Å². The smallest absolute Gasteiger partial charge is 0.273 e. The first-order valence-electron chi connectivity index (χ1n) is 12.6. The van der Waals surface area contributed by atoms with E-state index in [1.54, 1.807) is 12.1 Å². The summed E-state index contributed by atoms with van der Waals surface area (Å²) in [5, 5.41) is 15.5. The number of hydrogen-bond acceptors (Lipinski definition) is 7. The highest BCUT2D eigenvalue weighted by Gasteiger charge is 2.29. The number of anilines is 1. The van der Waals surface area contributed by atoms with Crippen molar-refractivity contribution >= 4 is 33.5 Å². The van der Waals surface area contributed by atoms with E-state index in [2.05, 4.69) is 10.5 Å². The Kier molecular flexibility index (Phi) is 8.71. The molecule has 0 unspecified atom stereocenters. The summed E-state index contributed by atoms with van der Waals surface area (Å²) in [5.41, 5.74) is 5.51. The van der Waals surface area contributed by atoms with E-state index in [0.717, 1.165) is 27.4 Å². The van der Waals surface area contributed by atoms with E-state index < -0.39 is 27.4 Å². The molecule has 0 radical (unpaired) electrons. The zero-order valence-corrected chi connectivity index (χ0v) is 24.1. The Balaban J connectivity index is 1.59. The number of methoxy groups -OCH3 is 1. The number of hydrogen-bond donors (Lipinski definition) is 1. The summed E-state index contributed by atoms with van der Waals surface area (Å²) in [4.78, 5) is 23.4. The van der Waals surface area contributed by atoms with Gasteiger partial charge >= 0.3 is 0 Å². The van der Waals surface area contributed by atoms with E-state index in [4.69, 9.17) is 4.74 Å². The predicted molar refractivity (Wildman–Crippen MR) is 156 cm³/mol. The maximum Gasteiger partial charge on any atom is 0.273 e. The number of nitro groups is 1. The summed E-state index contributed by atoms with van der Waals surface area (Å²) in [6, 6.07) is 17.4. The summed E-state index contributed by atoms with van der Waals surface area (Å²) < 4.78 is 48.6. The van der Waals surface area contributed by atoms with Gasteiger partial charge in [-0.1, -0.05) is 6.07 Å². The second kappa shape index (κ2) is 12.2. The quantitative estimate of drug-likeness (QED) is 0.159. The fraction of sp³-hybridized carbons (Fsp3) is 0.172. The third-order valence-corrected chi connectivity index (χ3v) is 8.33. The highest BCUT2D eigenvalue weighted by Crippen LogP contribution is 2.29. The number of rotatable bonds is 10. The van der Waals surface area contributed by atoms with Gasteiger partial charge in [0.05, 0.1) is 28.8 Å². The van der Waals surface area contributed by atoms with Gasteiger partial charge in [-0.25, -0.2) is 18.2 Å². The van der Waals surface area contributed by atoms with Crippen molar-refractivity contribution in [3.63, 3.8) is 0 Å². The summed E-state index contributed by atoms with van der Waals surface area (Å²) in [5.74, 6) is -0.633. The lowest BCUT2D eigenvalue weighted by Crippen LogP contribution is -2.39. The van der Waals surface area contributed by atoms with Crippen molar-refractivity contribution < 1.29 is 27.3 Å². The standard InChI is InChI=1S/C29H28FN5O6S/c1-19-5-14-27(16-28(19)35(37)38)42(39,40)33(24-10-12-26(41-4)13-11-24)18-29(36)32-31-17-22-15-20(2)34(21(22)3)25-8-6-23(30)7-9-25/h5-17H,18H2,1-4H3,(H,32,36)/b31-17-. The van der Waals surface area contributed by atoms with Crippen LogP contribution in [0.25, 0.3) is 5.69 Å². The predicted octanol–water partition coefficient (Wildman–Crippen LogP) is 4.80. The fourth-order valence-electron chi connectivity index (χ4n) is 4.38. The monoisotopic (exact) mass is 593 g/mol. The number of nitro benzene ring substituents is 1. The van der Waals surface area contributed by atoms with Crippen molar-refractivity contribution in [2.75, 3.05) is 18.0 Å². The van der Waals surface area contributed by atoms with Gasteiger partial charge in [0.1, 0.15) is 18.1 Å². The molecule has 0 aliphatic heterocycles. The fourth-order valence-corrected chi connectivity index (χ4v) is 5.82. The molecule has 0 bridgehead atoms. The van der Waals surface area contributed by atoms with Crippen LogP contribution in [0.15, 0.2) is 82.8 Å². The summed E-state index contributed by atoms with van der Waals surface area (Å²) in [7, 11) is -2.96. The van der Waals surface area contributed by atoms with Crippen molar-refractivity contribution in [3.05, 3.63) is 111 Å². The molecular weight excluding hydrogens is 565 g/mol. The van der Waals surface area contributed by atoms with Crippen molar-refractivity contribution in [2.45, 2.75) is 25.7 Å². The molecule has 13 heteroatoms. The number of nitrogens with one attached hydrogen (secondary N) is 1. The lowest BCUT2D eigenvalue weighted by molar-refractivity contribution is -0.385. The topological polar surface area (TPSA) is 136 Å². The minimum atomic E-state index is -4.42. The molecule has 42 heavy (non-hydrogen) atoms. The molecule has 0 aliphatic rings. The first kappa shape index (κ1) is 29.9. The van der Waals surface area contributed by atoms with Crippen LogP contribution in [0.5, 0.6) is 5.75 Å². The first-order valence-corrected chi connectivity index (χ1v) is 14.0. The lowest BCUT2D eigenvalue weighted by Gasteiger charge is -2.24. The Morgan fingerprint density at radius 3 is 2.36 bits per heavy atom. The van der Waals surface area contributed by atoms with Crippen LogP contribution in [-0.4, -0.2) is 43.7 Å². The molecule has 1 heterocycles. The van der Waals surface area contributed by atoms with E-state index in [0.29, 0.717) is 16.9 Å². The zero-order valence-electron chi connectivity index (χ0n) is 23.2. The van der Waals surface area contributed by atoms with Gasteiger partial charge in [0, 0.05) is 34.3 Å². The first-order chi connectivity index (χ1) is 19.9. The van der Waals surface area contributed by atoms with Crippen molar-refractivity contribution in [1.82, 2.24) is 9.99 Å². The highest BCUT2D eigenvalue weighted by atomic mass is 32.2. The Labute approximate surface area is 242 Å².